The van der Waals surface area contributed by atoms with Gasteiger partial charge in [-0.15, -0.1) is 0 Å². The quantitative estimate of drug-likeness (QED) is 0.258. The van der Waals surface area contributed by atoms with E-state index in [0.717, 1.165) is 0 Å². The fourth-order valence-electron chi connectivity index (χ4n) is 0.289. The second-order valence-electron chi connectivity index (χ2n) is 2.74. The van der Waals surface area contributed by atoms with Crippen LogP contribution in [0.2, 0.25) is 0 Å². The van der Waals surface area contributed by atoms with Crippen molar-refractivity contribution < 1.29 is 43.1 Å². The van der Waals surface area contributed by atoms with Gasteiger partial charge in [0.1, 0.15) is 22.8 Å². The van der Waals surface area contributed by atoms with E-state index in [0.29, 0.717) is 22.8 Å². The van der Waals surface area contributed by atoms with Crippen molar-refractivity contribution in [3.8, 4) is 0 Å². The fraction of sp³-hybridized carbons (Fsp3) is 0.444. The number of hydrogen-bond donors (Lipinski definition) is 4. The molecule has 0 spiro atoms. The van der Waals surface area contributed by atoms with Crippen LogP contribution in [-0.4, -0.2) is 49.2 Å². The van der Waals surface area contributed by atoms with Crippen molar-refractivity contribution in [3.63, 3.8) is 0 Å². The first kappa shape index (κ1) is 30.4. The molecule has 0 amide bonds. The van der Waals surface area contributed by atoms with Crippen LogP contribution in [-0.2, 0) is 16.8 Å². The summed E-state index contributed by atoms with van der Waals surface area (Å²) in [5.74, 6) is 0. The van der Waals surface area contributed by atoms with Gasteiger partial charge in [0, 0.05) is 16.8 Å². The molecule has 0 aromatic carbocycles. The summed E-state index contributed by atoms with van der Waals surface area (Å²) in [5.41, 5.74) is 1.25. The molecule has 117 valence electrons. The predicted octanol–water partition coefficient (Wildman–Crippen LogP) is 0.996. The molecule has 6 N–H and O–H groups in total. The molecule has 19 heavy (non-hydrogen) atoms. The molecule has 10 heteroatoms. The van der Waals surface area contributed by atoms with Gasteiger partial charge in [-0.2, -0.15) is 0 Å². The van der Waals surface area contributed by atoms with Crippen LogP contribution in [0.15, 0.2) is 20.6 Å². The van der Waals surface area contributed by atoms with Gasteiger partial charge >= 0.3 is 0 Å². The van der Waals surface area contributed by atoms with E-state index in [1.54, 1.807) is 0 Å². The van der Waals surface area contributed by atoms with E-state index >= 15 is 0 Å². The van der Waals surface area contributed by atoms with Gasteiger partial charge in [0.05, 0.1) is 0 Å². The van der Waals surface area contributed by atoms with Gasteiger partial charge in [-0.1, -0.05) is 20.6 Å². The molecular weight excluding hydrogens is 303 g/mol. The second kappa shape index (κ2) is 18.7. The third kappa shape index (κ3) is 16.3. The Hall–Kier alpha value is -1.65. The largest absolute Gasteiger partial charge is 0.412 e. The molecule has 0 unspecified atom stereocenters. The number of hydrogen-bond acceptors (Lipinski definition) is 8. The van der Waals surface area contributed by atoms with Crippen molar-refractivity contribution in [1.29, 1.82) is 0 Å². The topological polar surface area (TPSA) is 162 Å². The summed E-state index contributed by atoms with van der Waals surface area (Å²) in [5, 5.41) is 43.3. The minimum Gasteiger partial charge on any atom is -0.412 e. The summed E-state index contributed by atoms with van der Waals surface area (Å²) in [6.45, 7) is 6.15. The molecule has 0 heterocycles. The molecule has 0 aliphatic heterocycles. The van der Waals surface area contributed by atoms with Crippen molar-refractivity contribution in [2.75, 3.05) is 0 Å². The molecule has 0 atom stereocenters. The maximum atomic E-state index is 8.03. The van der Waals surface area contributed by atoms with Crippen molar-refractivity contribution in [2.24, 2.45) is 20.6 Å². The van der Waals surface area contributed by atoms with Gasteiger partial charge in [0.25, 0.3) is 0 Å². The van der Waals surface area contributed by atoms with Gasteiger partial charge < -0.3 is 33.7 Å². The van der Waals surface area contributed by atoms with E-state index in [4.69, 9.17) is 20.8 Å². The molecule has 1 radical (unpaired) electrons. The Morgan fingerprint density at radius 1 is 0.579 bits per heavy atom. The van der Waals surface area contributed by atoms with Gasteiger partial charge in [-0.25, -0.2) is 0 Å². The number of rotatable bonds is 2. The third-order valence-electron chi connectivity index (χ3n) is 1.65. The third-order valence-corrected chi connectivity index (χ3v) is 1.65. The summed E-state index contributed by atoms with van der Waals surface area (Å²) in [6.07, 6.45) is 0. The molecule has 0 aliphatic rings. The maximum Gasteiger partial charge on any atom is 0.101 e. The molecule has 0 aromatic rings. The monoisotopic (exact) mass is 324 g/mol. The van der Waals surface area contributed by atoms with Crippen LogP contribution in [0.1, 0.15) is 27.7 Å². The zero-order valence-electron chi connectivity index (χ0n) is 11.4. The molecule has 0 rings (SSSR count). The molecule has 0 fully saturated rings. The molecule has 0 aromatic heterocycles. The summed E-state index contributed by atoms with van der Waals surface area (Å²) in [6, 6.07) is 0. The molecule has 0 saturated heterocycles. The van der Waals surface area contributed by atoms with Crippen molar-refractivity contribution in [1.82, 2.24) is 0 Å². The molecule has 0 saturated carbocycles. The fourth-order valence-corrected chi connectivity index (χ4v) is 0.289. The summed E-state index contributed by atoms with van der Waals surface area (Å²) < 4.78 is 0. The van der Waals surface area contributed by atoms with Gasteiger partial charge in [0.2, 0.25) is 0 Å². The number of nitrogens with zero attached hydrogens (tertiary/aromatic N) is 4. The van der Waals surface area contributed by atoms with Gasteiger partial charge in [-0.3, -0.25) is 0 Å². The van der Waals surface area contributed by atoms with Crippen molar-refractivity contribution in [3.05, 3.63) is 7.43 Å². The van der Waals surface area contributed by atoms with Crippen LogP contribution in [0, 0.1) is 7.43 Å². The summed E-state index contributed by atoms with van der Waals surface area (Å²) >= 11 is 0. The van der Waals surface area contributed by atoms with E-state index < -0.39 is 0 Å². The summed E-state index contributed by atoms with van der Waals surface area (Å²) in [7, 11) is 0. The molecule has 9 nitrogen and oxygen atoms in total. The standard InChI is InChI=1S/2C4H8N2O2.CH3.Co.H2O/c2*1-3(5-7)4(2)6-8;;;/h2*7-8H,1-2H3;1H3;;1H2/q;;-1;;/b2*5-3+,6-4+;;;. The Morgan fingerprint density at radius 2 is 0.684 bits per heavy atom. The zero-order valence-corrected chi connectivity index (χ0v) is 12.5. The van der Waals surface area contributed by atoms with Crippen molar-refractivity contribution >= 4 is 22.8 Å². The predicted molar refractivity (Wildman–Crippen MR) is 69.6 cm³/mol. The minimum absolute atomic E-state index is 0. The number of oxime groups is 4. The maximum absolute atomic E-state index is 8.03. The van der Waals surface area contributed by atoms with Crippen LogP contribution >= 0.6 is 0 Å². The van der Waals surface area contributed by atoms with Crippen LogP contribution in [0.3, 0.4) is 0 Å². The van der Waals surface area contributed by atoms with Crippen molar-refractivity contribution in [2.45, 2.75) is 27.7 Å². The first-order valence-corrected chi connectivity index (χ1v) is 4.19. The molecular formula is C9H21CoN4O5-. The normalized spacial score (nSPS) is 12.0. The van der Waals surface area contributed by atoms with E-state index in [2.05, 4.69) is 20.6 Å². The minimum atomic E-state index is 0. The average molecular weight is 324 g/mol. The zero-order chi connectivity index (χ0) is 13.1. The first-order valence-electron chi connectivity index (χ1n) is 4.19. The summed E-state index contributed by atoms with van der Waals surface area (Å²) in [4.78, 5) is 0. The average Bonchev–Trinajstić information content (AvgIpc) is 2.35. The van der Waals surface area contributed by atoms with E-state index in [1.165, 1.54) is 27.7 Å². The van der Waals surface area contributed by atoms with Crippen LogP contribution < -0.4 is 0 Å². The molecule has 0 aliphatic carbocycles. The first-order chi connectivity index (χ1) is 7.44. The Kier molecular flexibility index (Phi) is 29.9. The van der Waals surface area contributed by atoms with Crippen LogP contribution in [0.5, 0.6) is 0 Å². The smallest absolute Gasteiger partial charge is 0.101 e. The van der Waals surface area contributed by atoms with E-state index in [-0.39, 0.29) is 29.7 Å². The van der Waals surface area contributed by atoms with Gasteiger partial charge in [0.15, 0.2) is 0 Å². The Bertz CT molecular complexity index is 265. The molecule has 0 bridgehead atoms. The van der Waals surface area contributed by atoms with Gasteiger partial charge in [-0.05, 0) is 27.7 Å². The Morgan fingerprint density at radius 3 is 0.737 bits per heavy atom. The van der Waals surface area contributed by atoms with Crippen LogP contribution in [0.25, 0.3) is 0 Å². The van der Waals surface area contributed by atoms with E-state index in [9.17, 15) is 0 Å². The second-order valence-corrected chi connectivity index (χ2v) is 2.74. The van der Waals surface area contributed by atoms with E-state index in [1.807, 2.05) is 0 Å². The SMILES string of the molecule is CC(=N\O)/C(C)=N/O.CC(=N\O)/C(C)=N/O.O.[CH3-].[Co]. The Balaban J connectivity index is -0.0000000594. The Labute approximate surface area is 122 Å². The van der Waals surface area contributed by atoms with Crippen LogP contribution in [0.4, 0.5) is 0 Å².